The van der Waals surface area contributed by atoms with Gasteiger partial charge in [0.25, 0.3) is 0 Å². The van der Waals surface area contributed by atoms with Crippen molar-refractivity contribution >= 4 is 0 Å². The Bertz CT molecular complexity index is 238. The molecule has 1 N–H and O–H groups in total. The lowest BCUT2D eigenvalue weighted by Crippen LogP contribution is -1.97. The highest BCUT2D eigenvalue weighted by molar-refractivity contribution is 5.37. The van der Waals surface area contributed by atoms with Crippen LogP contribution in [0.2, 0.25) is 0 Å². The van der Waals surface area contributed by atoms with Crippen LogP contribution >= 0.6 is 0 Å². The number of hydrogen-bond acceptors (Lipinski definition) is 2. The van der Waals surface area contributed by atoms with Crippen LogP contribution in [0, 0.1) is 0 Å². The first-order valence-corrected chi connectivity index (χ1v) is 3.81. The van der Waals surface area contributed by atoms with Gasteiger partial charge in [0.05, 0.1) is 13.3 Å². The quantitative estimate of drug-likeness (QED) is 0.701. The molecule has 0 aliphatic heterocycles. The summed E-state index contributed by atoms with van der Waals surface area (Å²) in [6, 6.07) is 6.64. The zero-order chi connectivity index (χ0) is 8.81. The first-order chi connectivity index (χ1) is 5.84. The van der Waals surface area contributed by atoms with Gasteiger partial charge < -0.3 is 9.84 Å². The number of hydrogen-bond donors (Lipinski definition) is 1. The fraction of sp³-hybridized carbons (Fsp3) is 0.333. The lowest BCUT2D eigenvalue weighted by molar-refractivity contribution is 0.277. The van der Waals surface area contributed by atoms with Crippen LogP contribution in [-0.4, -0.2) is 18.4 Å². The molecule has 0 saturated heterocycles. The highest BCUT2D eigenvalue weighted by Gasteiger charge is 1.98. The molecular formula is C9H11FO2. The molecule has 0 aliphatic rings. The average molecular weight is 170 g/mol. The standard InChI is InChI=1S/C9H11FO2/c10-6-3-7-12-9-5-2-1-4-8(9)11/h1-2,4-5,11H,3,6-7H2. The molecule has 0 heterocycles. The van der Waals surface area contributed by atoms with E-state index in [2.05, 4.69) is 0 Å². The number of benzene rings is 1. The van der Waals surface area contributed by atoms with Gasteiger partial charge in [-0.2, -0.15) is 0 Å². The largest absolute Gasteiger partial charge is 0.504 e. The van der Waals surface area contributed by atoms with E-state index in [9.17, 15) is 9.50 Å². The SMILES string of the molecule is Oc1ccccc1OCCCF. The maximum Gasteiger partial charge on any atom is 0.160 e. The molecule has 0 spiro atoms. The van der Waals surface area contributed by atoms with Crippen LogP contribution in [0.5, 0.6) is 11.5 Å². The summed E-state index contributed by atoms with van der Waals surface area (Å²) in [4.78, 5) is 0. The summed E-state index contributed by atoms with van der Waals surface area (Å²) in [7, 11) is 0. The van der Waals surface area contributed by atoms with Crippen LogP contribution in [0.1, 0.15) is 6.42 Å². The van der Waals surface area contributed by atoms with Crippen molar-refractivity contribution in [2.24, 2.45) is 0 Å². The monoisotopic (exact) mass is 170 g/mol. The maximum atomic E-state index is 11.7. The minimum atomic E-state index is -0.395. The number of alkyl halides is 1. The smallest absolute Gasteiger partial charge is 0.160 e. The van der Waals surface area contributed by atoms with Crippen molar-refractivity contribution in [3.8, 4) is 11.5 Å². The van der Waals surface area contributed by atoms with Gasteiger partial charge in [-0.05, 0) is 12.1 Å². The number of ether oxygens (including phenoxy) is 1. The van der Waals surface area contributed by atoms with E-state index in [0.717, 1.165) is 0 Å². The fourth-order valence-electron chi connectivity index (χ4n) is 0.816. The second-order valence-corrected chi connectivity index (χ2v) is 2.36. The van der Waals surface area contributed by atoms with Crippen molar-refractivity contribution in [3.05, 3.63) is 24.3 Å². The Morgan fingerprint density at radius 1 is 1.33 bits per heavy atom. The van der Waals surface area contributed by atoms with E-state index in [0.29, 0.717) is 18.8 Å². The first kappa shape index (κ1) is 8.84. The maximum absolute atomic E-state index is 11.7. The van der Waals surface area contributed by atoms with Crippen molar-refractivity contribution in [2.45, 2.75) is 6.42 Å². The predicted molar refractivity (Wildman–Crippen MR) is 44.2 cm³/mol. The Morgan fingerprint density at radius 3 is 2.75 bits per heavy atom. The van der Waals surface area contributed by atoms with Crippen molar-refractivity contribution in [3.63, 3.8) is 0 Å². The fourth-order valence-corrected chi connectivity index (χ4v) is 0.816. The van der Waals surface area contributed by atoms with Gasteiger partial charge in [0.2, 0.25) is 0 Å². The Labute approximate surface area is 70.6 Å². The van der Waals surface area contributed by atoms with E-state index < -0.39 is 6.67 Å². The third kappa shape index (κ3) is 2.42. The summed E-state index contributed by atoms with van der Waals surface area (Å²) in [6.07, 6.45) is 0.355. The van der Waals surface area contributed by atoms with Gasteiger partial charge in [0.1, 0.15) is 0 Å². The number of phenols is 1. The summed E-state index contributed by atoms with van der Waals surface area (Å²) >= 11 is 0. The first-order valence-electron chi connectivity index (χ1n) is 3.81. The molecule has 2 nitrogen and oxygen atoms in total. The predicted octanol–water partition coefficient (Wildman–Crippen LogP) is 2.13. The molecule has 0 amide bonds. The van der Waals surface area contributed by atoms with Gasteiger partial charge in [-0.3, -0.25) is 4.39 Å². The van der Waals surface area contributed by atoms with Crippen LogP contribution in [0.3, 0.4) is 0 Å². The molecule has 0 bridgehead atoms. The van der Waals surface area contributed by atoms with Gasteiger partial charge in [-0.15, -0.1) is 0 Å². The van der Waals surface area contributed by atoms with E-state index in [4.69, 9.17) is 4.74 Å². The molecule has 66 valence electrons. The molecule has 12 heavy (non-hydrogen) atoms. The zero-order valence-electron chi connectivity index (χ0n) is 6.66. The minimum Gasteiger partial charge on any atom is -0.504 e. The van der Waals surface area contributed by atoms with Crippen LogP contribution in [0.15, 0.2) is 24.3 Å². The molecular weight excluding hydrogens is 159 g/mol. The molecule has 1 aromatic carbocycles. The molecule has 0 atom stereocenters. The van der Waals surface area contributed by atoms with Crippen molar-refractivity contribution in [1.29, 1.82) is 0 Å². The van der Waals surface area contributed by atoms with Crippen LogP contribution in [0.4, 0.5) is 4.39 Å². The zero-order valence-corrected chi connectivity index (χ0v) is 6.66. The molecule has 0 fully saturated rings. The molecule has 3 heteroatoms. The van der Waals surface area contributed by atoms with E-state index >= 15 is 0 Å². The molecule has 0 radical (unpaired) electrons. The average Bonchev–Trinajstić information content (AvgIpc) is 2.09. The lowest BCUT2D eigenvalue weighted by Gasteiger charge is -2.05. The van der Waals surface area contributed by atoms with E-state index in [-0.39, 0.29) is 5.75 Å². The highest BCUT2D eigenvalue weighted by Crippen LogP contribution is 2.24. The van der Waals surface area contributed by atoms with Gasteiger partial charge >= 0.3 is 0 Å². The molecule has 0 unspecified atom stereocenters. The third-order valence-electron chi connectivity index (χ3n) is 1.40. The summed E-state index contributed by atoms with van der Waals surface area (Å²) in [5.41, 5.74) is 0. The van der Waals surface area contributed by atoms with Crippen LogP contribution < -0.4 is 4.74 Å². The van der Waals surface area contributed by atoms with Crippen molar-refractivity contribution in [1.82, 2.24) is 0 Å². The van der Waals surface area contributed by atoms with Crippen LogP contribution in [-0.2, 0) is 0 Å². The highest BCUT2D eigenvalue weighted by atomic mass is 19.1. The number of rotatable bonds is 4. The van der Waals surface area contributed by atoms with Crippen molar-refractivity contribution < 1.29 is 14.2 Å². The van der Waals surface area contributed by atoms with Gasteiger partial charge in [0, 0.05) is 6.42 Å². The lowest BCUT2D eigenvalue weighted by atomic mass is 10.3. The third-order valence-corrected chi connectivity index (χ3v) is 1.40. The Hall–Kier alpha value is -1.25. The number of halogens is 1. The van der Waals surface area contributed by atoms with Gasteiger partial charge in [-0.25, -0.2) is 0 Å². The topological polar surface area (TPSA) is 29.5 Å². The number of aromatic hydroxyl groups is 1. The summed E-state index contributed by atoms with van der Waals surface area (Å²) < 4.78 is 16.7. The van der Waals surface area contributed by atoms with Crippen LogP contribution in [0.25, 0.3) is 0 Å². The van der Waals surface area contributed by atoms with Crippen molar-refractivity contribution in [2.75, 3.05) is 13.3 Å². The number of para-hydroxylation sites is 2. The normalized spacial score (nSPS) is 9.75. The Balaban J connectivity index is 2.46. The Morgan fingerprint density at radius 2 is 2.08 bits per heavy atom. The van der Waals surface area contributed by atoms with Gasteiger partial charge in [-0.1, -0.05) is 12.1 Å². The second kappa shape index (κ2) is 4.59. The summed E-state index contributed by atoms with van der Waals surface area (Å²) in [5, 5.41) is 9.19. The molecule has 0 saturated carbocycles. The van der Waals surface area contributed by atoms with Gasteiger partial charge in [0.15, 0.2) is 11.5 Å². The minimum absolute atomic E-state index is 0.0939. The number of phenolic OH excluding ortho intramolecular Hbond substituents is 1. The van der Waals surface area contributed by atoms with E-state index in [1.54, 1.807) is 18.2 Å². The Kier molecular flexibility index (Phi) is 3.38. The molecule has 1 aromatic rings. The summed E-state index contributed by atoms with van der Waals surface area (Å²) in [6.45, 7) is -0.0956. The second-order valence-electron chi connectivity index (χ2n) is 2.36. The molecule has 1 rings (SSSR count). The summed E-state index contributed by atoms with van der Waals surface area (Å²) in [5.74, 6) is 0.502. The van der Waals surface area contributed by atoms with E-state index in [1.807, 2.05) is 0 Å². The van der Waals surface area contributed by atoms with E-state index in [1.165, 1.54) is 6.07 Å². The molecule has 0 aromatic heterocycles. The molecule has 0 aliphatic carbocycles.